The van der Waals surface area contributed by atoms with E-state index < -0.39 is 22.8 Å². The molecule has 0 amide bonds. The van der Waals surface area contributed by atoms with Gasteiger partial charge in [0.1, 0.15) is 0 Å². The number of nitrogens with zero attached hydrogens (tertiary/aromatic N) is 1. The third kappa shape index (κ3) is 2.49. The number of alkyl halides is 3. The molecule has 0 fully saturated rings. The SMILES string of the molecule is O=S(O)c1ccc(C(F)(F)F)cn1. The minimum atomic E-state index is -4.47. The number of hydrogen-bond donors (Lipinski definition) is 1. The van der Waals surface area contributed by atoms with E-state index in [-0.39, 0.29) is 5.03 Å². The highest BCUT2D eigenvalue weighted by Crippen LogP contribution is 2.28. The second-order valence-electron chi connectivity index (χ2n) is 2.13. The van der Waals surface area contributed by atoms with Crippen LogP contribution in [0.15, 0.2) is 23.4 Å². The van der Waals surface area contributed by atoms with Gasteiger partial charge < -0.3 is 4.55 Å². The molecule has 0 saturated heterocycles. The molecule has 1 heterocycles. The summed E-state index contributed by atoms with van der Waals surface area (Å²) in [6, 6.07) is 1.56. The van der Waals surface area contributed by atoms with Crippen LogP contribution >= 0.6 is 0 Å². The summed E-state index contributed by atoms with van der Waals surface area (Å²) in [5.74, 6) is 0. The normalized spacial score (nSPS) is 14.2. The monoisotopic (exact) mass is 211 g/mol. The molecule has 0 aliphatic carbocycles. The van der Waals surface area contributed by atoms with Gasteiger partial charge in [0.05, 0.1) is 5.56 Å². The lowest BCUT2D eigenvalue weighted by Crippen LogP contribution is -2.06. The fraction of sp³-hybridized carbons (Fsp3) is 0.167. The first-order chi connectivity index (χ1) is 5.91. The molecule has 13 heavy (non-hydrogen) atoms. The van der Waals surface area contributed by atoms with Crippen LogP contribution in [0.2, 0.25) is 0 Å². The molecule has 7 heteroatoms. The van der Waals surface area contributed by atoms with Gasteiger partial charge in [-0.05, 0) is 12.1 Å². The number of pyridine rings is 1. The third-order valence-corrected chi connectivity index (χ3v) is 1.84. The van der Waals surface area contributed by atoms with Crippen molar-refractivity contribution >= 4 is 11.1 Å². The van der Waals surface area contributed by atoms with Crippen molar-refractivity contribution in [3.63, 3.8) is 0 Å². The van der Waals surface area contributed by atoms with Gasteiger partial charge in [0.15, 0.2) is 5.03 Å². The molecule has 1 N–H and O–H groups in total. The van der Waals surface area contributed by atoms with Crippen molar-refractivity contribution in [2.45, 2.75) is 11.2 Å². The molecule has 3 nitrogen and oxygen atoms in total. The van der Waals surface area contributed by atoms with Gasteiger partial charge in [-0.3, -0.25) is 0 Å². The predicted molar refractivity (Wildman–Crippen MR) is 38.3 cm³/mol. The Balaban J connectivity index is 3.01. The predicted octanol–water partition coefficient (Wildman–Crippen LogP) is 1.68. The van der Waals surface area contributed by atoms with Gasteiger partial charge >= 0.3 is 6.18 Å². The Morgan fingerprint density at radius 1 is 1.38 bits per heavy atom. The summed E-state index contributed by atoms with van der Waals surface area (Å²) in [7, 11) is 0. The molecule has 0 radical (unpaired) electrons. The fourth-order valence-corrected chi connectivity index (χ4v) is 0.979. The molecular formula is C6H4F3NO2S. The van der Waals surface area contributed by atoms with Gasteiger partial charge in [0.2, 0.25) is 11.1 Å². The molecule has 0 aromatic carbocycles. The quantitative estimate of drug-likeness (QED) is 0.719. The van der Waals surface area contributed by atoms with Crippen LogP contribution in [0, 0.1) is 0 Å². The van der Waals surface area contributed by atoms with Crippen LogP contribution in [0.5, 0.6) is 0 Å². The molecule has 0 spiro atoms. The van der Waals surface area contributed by atoms with Gasteiger partial charge in [-0.2, -0.15) is 13.2 Å². The highest BCUT2D eigenvalue weighted by Gasteiger charge is 2.30. The Morgan fingerprint density at radius 3 is 2.31 bits per heavy atom. The standard InChI is InChI=1S/C6H4F3NO2S/c7-6(8,9)4-1-2-5(10-3-4)13(11)12/h1-3H,(H,11,12). The largest absolute Gasteiger partial charge is 0.417 e. The second kappa shape index (κ2) is 3.43. The summed E-state index contributed by atoms with van der Waals surface area (Å²) in [6.07, 6.45) is -3.95. The summed E-state index contributed by atoms with van der Waals surface area (Å²) in [6.45, 7) is 0. The van der Waals surface area contributed by atoms with E-state index in [1.807, 2.05) is 0 Å². The zero-order chi connectivity index (χ0) is 10.1. The van der Waals surface area contributed by atoms with E-state index in [0.29, 0.717) is 12.3 Å². The molecule has 0 saturated carbocycles. The van der Waals surface area contributed by atoms with Crippen LogP contribution in [0.4, 0.5) is 13.2 Å². The molecule has 0 aliphatic rings. The first-order valence-corrected chi connectivity index (χ1v) is 4.16. The number of halogens is 3. The molecule has 1 aromatic rings. The Hall–Kier alpha value is -0.950. The van der Waals surface area contributed by atoms with Gasteiger partial charge in [0, 0.05) is 6.20 Å². The maximum Gasteiger partial charge on any atom is 0.417 e. The zero-order valence-electron chi connectivity index (χ0n) is 6.08. The average molecular weight is 211 g/mol. The lowest BCUT2D eigenvalue weighted by Gasteiger charge is -2.04. The Kier molecular flexibility index (Phi) is 2.67. The molecular weight excluding hydrogens is 207 g/mol. The van der Waals surface area contributed by atoms with Crippen LogP contribution in [-0.4, -0.2) is 13.7 Å². The van der Waals surface area contributed by atoms with Gasteiger partial charge in [0.25, 0.3) is 0 Å². The molecule has 0 bridgehead atoms. The van der Waals surface area contributed by atoms with Gasteiger partial charge in [-0.25, -0.2) is 9.19 Å². The van der Waals surface area contributed by atoms with E-state index >= 15 is 0 Å². The summed E-state index contributed by atoms with van der Waals surface area (Å²) < 4.78 is 54.6. The number of hydrogen-bond acceptors (Lipinski definition) is 2. The van der Waals surface area contributed by atoms with Crippen molar-refractivity contribution in [3.05, 3.63) is 23.9 Å². The van der Waals surface area contributed by atoms with Crippen molar-refractivity contribution in [1.82, 2.24) is 4.98 Å². The maximum absolute atomic E-state index is 11.9. The Bertz CT molecular complexity index is 322. The summed E-state index contributed by atoms with van der Waals surface area (Å²) in [4.78, 5) is 3.17. The third-order valence-electron chi connectivity index (χ3n) is 1.24. The minimum absolute atomic E-state index is 0.298. The maximum atomic E-state index is 11.9. The van der Waals surface area contributed by atoms with E-state index in [1.165, 1.54) is 0 Å². The number of aromatic nitrogens is 1. The van der Waals surface area contributed by atoms with E-state index in [2.05, 4.69) is 4.98 Å². The van der Waals surface area contributed by atoms with Crippen molar-refractivity contribution in [2.75, 3.05) is 0 Å². The van der Waals surface area contributed by atoms with Crippen molar-refractivity contribution < 1.29 is 21.9 Å². The van der Waals surface area contributed by atoms with Crippen LogP contribution in [0.25, 0.3) is 0 Å². The van der Waals surface area contributed by atoms with E-state index in [4.69, 9.17) is 4.55 Å². The smallest absolute Gasteiger partial charge is 0.301 e. The second-order valence-corrected chi connectivity index (χ2v) is 3.05. The molecule has 1 atom stereocenters. The van der Waals surface area contributed by atoms with Crippen LogP contribution in [0.1, 0.15) is 5.56 Å². The lowest BCUT2D eigenvalue weighted by molar-refractivity contribution is -0.137. The van der Waals surface area contributed by atoms with E-state index in [0.717, 1.165) is 6.07 Å². The molecule has 1 unspecified atom stereocenters. The molecule has 1 aromatic heterocycles. The van der Waals surface area contributed by atoms with Crippen molar-refractivity contribution in [2.24, 2.45) is 0 Å². The zero-order valence-corrected chi connectivity index (χ0v) is 6.89. The van der Waals surface area contributed by atoms with Crippen LogP contribution < -0.4 is 0 Å². The van der Waals surface area contributed by atoms with Crippen LogP contribution in [-0.2, 0) is 17.3 Å². The highest BCUT2D eigenvalue weighted by molar-refractivity contribution is 7.79. The van der Waals surface area contributed by atoms with Crippen molar-refractivity contribution in [3.8, 4) is 0 Å². The van der Waals surface area contributed by atoms with Gasteiger partial charge in [-0.15, -0.1) is 0 Å². The summed E-state index contributed by atoms with van der Waals surface area (Å²) in [5, 5.41) is -0.298. The summed E-state index contributed by atoms with van der Waals surface area (Å²) >= 11 is -2.34. The van der Waals surface area contributed by atoms with Crippen molar-refractivity contribution in [1.29, 1.82) is 0 Å². The first-order valence-electron chi connectivity index (χ1n) is 3.05. The number of rotatable bonds is 1. The van der Waals surface area contributed by atoms with Gasteiger partial charge in [-0.1, -0.05) is 0 Å². The fourth-order valence-electron chi connectivity index (χ4n) is 0.651. The van der Waals surface area contributed by atoms with E-state index in [9.17, 15) is 17.4 Å². The summed E-state index contributed by atoms with van der Waals surface area (Å²) in [5.41, 5.74) is -0.943. The molecule has 72 valence electrons. The molecule has 0 aliphatic heterocycles. The van der Waals surface area contributed by atoms with Crippen LogP contribution in [0.3, 0.4) is 0 Å². The first kappa shape index (κ1) is 10.1. The van der Waals surface area contributed by atoms with E-state index in [1.54, 1.807) is 0 Å². The highest BCUT2D eigenvalue weighted by atomic mass is 32.2. The molecule has 1 rings (SSSR count). The lowest BCUT2D eigenvalue weighted by atomic mass is 10.3. The topological polar surface area (TPSA) is 50.2 Å². The average Bonchev–Trinajstić information content (AvgIpc) is 2.03. The Labute approximate surface area is 73.9 Å². The minimum Gasteiger partial charge on any atom is -0.301 e. The Morgan fingerprint density at radius 2 is 2.00 bits per heavy atom.